The van der Waals surface area contributed by atoms with Crippen molar-refractivity contribution in [3.05, 3.63) is 65.7 Å². The molecule has 1 N–H and O–H groups in total. The van der Waals surface area contributed by atoms with E-state index in [9.17, 15) is 9.18 Å². The zero-order valence-electron chi connectivity index (χ0n) is 14.1. The molecule has 6 heteroatoms. The van der Waals surface area contributed by atoms with Crippen LogP contribution in [0.3, 0.4) is 0 Å². The van der Waals surface area contributed by atoms with Gasteiger partial charge < -0.3 is 15.1 Å². The average molecular weight is 330 g/mol. The van der Waals surface area contributed by atoms with E-state index in [-0.39, 0.29) is 11.8 Å². The van der Waals surface area contributed by atoms with Crippen LogP contribution < -0.4 is 5.32 Å². The molecule has 1 heterocycles. The Balaban J connectivity index is 1.99. The lowest BCUT2D eigenvalue weighted by atomic mass is 10.2. The van der Waals surface area contributed by atoms with Crippen molar-refractivity contribution in [2.24, 2.45) is 0 Å². The van der Waals surface area contributed by atoms with Crippen molar-refractivity contribution < 1.29 is 9.18 Å². The molecule has 0 atom stereocenters. The van der Waals surface area contributed by atoms with E-state index < -0.39 is 0 Å². The van der Waals surface area contributed by atoms with Gasteiger partial charge in [0, 0.05) is 38.6 Å². The first-order valence-corrected chi connectivity index (χ1v) is 7.85. The number of hydrogen-bond acceptors (Lipinski definition) is 3. The van der Waals surface area contributed by atoms with E-state index in [1.165, 1.54) is 12.1 Å². The maximum atomic E-state index is 13.4. The largest absolute Gasteiger partial charge is 0.334 e. The summed E-state index contributed by atoms with van der Waals surface area (Å²) in [5, 5.41) is 2.90. The first-order chi connectivity index (χ1) is 11.5. The molecule has 2 rings (SSSR count). The molecule has 24 heavy (non-hydrogen) atoms. The zero-order valence-corrected chi connectivity index (χ0v) is 14.1. The van der Waals surface area contributed by atoms with E-state index in [1.807, 2.05) is 37.2 Å². The molecule has 0 radical (unpaired) electrons. The lowest BCUT2D eigenvalue weighted by Gasteiger charge is -2.25. The molecular weight excluding hydrogens is 307 g/mol. The van der Waals surface area contributed by atoms with Gasteiger partial charge in [0.15, 0.2) is 0 Å². The molecule has 0 saturated carbocycles. The molecule has 0 aliphatic heterocycles. The fraction of sp³-hybridized carbons (Fsp3) is 0.333. The molecule has 128 valence electrons. The minimum absolute atomic E-state index is 0.169. The fourth-order valence-electron chi connectivity index (χ4n) is 2.22. The molecular formula is C18H23FN4O. The molecule has 2 amide bonds. The Kier molecular flexibility index (Phi) is 6.69. The third kappa shape index (κ3) is 5.96. The minimum Gasteiger partial charge on any atom is -0.334 e. The van der Waals surface area contributed by atoms with Crippen LogP contribution in [0, 0.1) is 5.82 Å². The van der Waals surface area contributed by atoms with E-state index in [2.05, 4.69) is 10.3 Å². The Bertz CT molecular complexity index is 648. The van der Waals surface area contributed by atoms with Gasteiger partial charge in [-0.15, -0.1) is 0 Å². The van der Waals surface area contributed by atoms with E-state index in [1.54, 1.807) is 23.4 Å². The summed E-state index contributed by atoms with van der Waals surface area (Å²) in [5.41, 5.74) is 1.75. The number of halogens is 1. The van der Waals surface area contributed by atoms with Crippen molar-refractivity contribution >= 4 is 6.03 Å². The number of likely N-dealkylation sites (N-methyl/N-ethyl adjacent to an activating group) is 1. The standard InChI is InChI=1S/C18H23FN4O/c1-22(2)10-11-23(14-16-4-3-5-17(19)12-16)18(24)21-13-15-6-8-20-9-7-15/h3-9,12H,10-11,13-14H2,1-2H3,(H,21,24). The molecule has 1 aromatic carbocycles. The summed E-state index contributed by atoms with van der Waals surface area (Å²) in [5.74, 6) is -0.294. The second kappa shape index (κ2) is 8.98. The number of rotatable bonds is 7. The second-order valence-corrected chi connectivity index (χ2v) is 5.87. The summed E-state index contributed by atoms with van der Waals surface area (Å²) in [4.78, 5) is 20.2. The predicted molar refractivity (Wildman–Crippen MR) is 91.8 cm³/mol. The number of carbonyl (C=O) groups excluding carboxylic acids is 1. The van der Waals surface area contributed by atoms with Crippen LogP contribution in [0.5, 0.6) is 0 Å². The quantitative estimate of drug-likeness (QED) is 0.848. The topological polar surface area (TPSA) is 48.5 Å². The lowest BCUT2D eigenvalue weighted by Crippen LogP contribution is -2.42. The molecule has 0 fully saturated rings. The lowest BCUT2D eigenvalue weighted by molar-refractivity contribution is 0.188. The normalized spacial score (nSPS) is 10.7. The average Bonchev–Trinajstić information content (AvgIpc) is 2.57. The summed E-state index contributed by atoms with van der Waals surface area (Å²) >= 11 is 0. The molecule has 5 nitrogen and oxygen atoms in total. The molecule has 0 saturated heterocycles. The van der Waals surface area contributed by atoms with Gasteiger partial charge in [-0.3, -0.25) is 4.98 Å². The predicted octanol–water partition coefficient (Wildman–Crippen LogP) is 2.49. The summed E-state index contributed by atoms with van der Waals surface area (Å²) < 4.78 is 13.4. The van der Waals surface area contributed by atoms with E-state index in [0.29, 0.717) is 19.6 Å². The number of nitrogens with one attached hydrogen (secondary N) is 1. The maximum Gasteiger partial charge on any atom is 0.318 e. The van der Waals surface area contributed by atoms with Crippen molar-refractivity contribution in [3.8, 4) is 0 Å². The highest BCUT2D eigenvalue weighted by Crippen LogP contribution is 2.08. The monoisotopic (exact) mass is 330 g/mol. The Morgan fingerprint density at radius 1 is 1.12 bits per heavy atom. The first-order valence-electron chi connectivity index (χ1n) is 7.85. The molecule has 0 bridgehead atoms. The smallest absolute Gasteiger partial charge is 0.318 e. The summed E-state index contributed by atoms with van der Waals surface area (Å²) in [7, 11) is 3.91. The van der Waals surface area contributed by atoms with Gasteiger partial charge in [-0.1, -0.05) is 12.1 Å². The van der Waals surface area contributed by atoms with Gasteiger partial charge in [0.1, 0.15) is 5.82 Å². The Morgan fingerprint density at radius 3 is 2.54 bits per heavy atom. The van der Waals surface area contributed by atoms with Crippen LogP contribution in [-0.4, -0.2) is 48.0 Å². The molecule has 1 aromatic heterocycles. The van der Waals surface area contributed by atoms with Crippen LogP contribution in [0.25, 0.3) is 0 Å². The summed E-state index contributed by atoms with van der Waals surface area (Å²) in [6, 6.07) is 9.88. The number of urea groups is 1. The Hall–Kier alpha value is -2.47. The number of aromatic nitrogens is 1. The van der Waals surface area contributed by atoms with Crippen molar-refractivity contribution in [3.63, 3.8) is 0 Å². The molecule has 0 aliphatic carbocycles. The fourth-order valence-corrected chi connectivity index (χ4v) is 2.22. The van der Waals surface area contributed by atoms with Crippen LogP contribution in [0.1, 0.15) is 11.1 Å². The third-order valence-electron chi connectivity index (χ3n) is 3.56. The summed E-state index contributed by atoms with van der Waals surface area (Å²) in [6.07, 6.45) is 3.39. The highest BCUT2D eigenvalue weighted by atomic mass is 19.1. The number of carbonyl (C=O) groups is 1. The maximum absolute atomic E-state index is 13.4. The number of pyridine rings is 1. The van der Waals surface area contributed by atoms with Gasteiger partial charge in [0.2, 0.25) is 0 Å². The molecule has 0 spiro atoms. The van der Waals surface area contributed by atoms with Gasteiger partial charge in [-0.05, 0) is 49.5 Å². The minimum atomic E-state index is -0.294. The van der Waals surface area contributed by atoms with Crippen molar-refractivity contribution in [2.75, 3.05) is 27.2 Å². The Labute approximate surface area is 142 Å². The van der Waals surface area contributed by atoms with Crippen LogP contribution in [0.4, 0.5) is 9.18 Å². The third-order valence-corrected chi connectivity index (χ3v) is 3.56. The van der Waals surface area contributed by atoms with E-state index in [4.69, 9.17) is 0 Å². The SMILES string of the molecule is CN(C)CCN(Cc1cccc(F)c1)C(=O)NCc1ccncc1. The van der Waals surface area contributed by atoms with Gasteiger partial charge in [0.05, 0.1) is 0 Å². The second-order valence-electron chi connectivity index (χ2n) is 5.87. The first kappa shape index (κ1) is 17.9. The highest BCUT2D eigenvalue weighted by Gasteiger charge is 2.14. The molecule has 0 unspecified atom stereocenters. The van der Waals surface area contributed by atoms with Gasteiger partial charge in [0.25, 0.3) is 0 Å². The van der Waals surface area contributed by atoms with Crippen molar-refractivity contribution in [2.45, 2.75) is 13.1 Å². The molecule has 2 aromatic rings. The number of amides is 2. The van der Waals surface area contributed by atoms with Gasteiger partial charge in [-0.2, -0.15) is 0 Å². The Morgan fingerprint density at radius 2 is 1.88 bits per heavy atom. The zero-order chi connectivity index (χ0) is 17.4. The van der Waals surface area contributed by atoms with Crippen LogP contribution >= 0.6 is 0 Å². The van der Waals surface area contributed by atoms with Gasteiger partial charge >= 0.3 is 6.03 Å². The number of benzene rings is 1. The van der Waals surface area contributed by atoms with E-state index >= 15 is 0 Å². The van der Waals surface area contributed by atoms with Crippen LogP contribution in [0.15, 0.2) is 48.8 Å². The van der Waals surface area contributed by atoms with Crippen molar-refractivity contribution in [1.29, 1.82) is 0 Å². The van der Waals surface area contributed by atoms with Crippen LogP contribution in [-0.2, 0) is 13.1 Å². The molecule has 0 aliphatic rings. The number of hydrogen-bond donors (Lipinski definition) is 1. The number of nitrogens with zero attached hydrogens (tertiary/aromatic N) is 3. The van der Waals surface area contributed by atoms with Crippen LogP contribution in [0.2, 0.25) is 0 Å². The van der Waals surface area contributed by atoms with Gasteiger partial charge in [-0.25, -0.2) is 9.18 Å². The van der Waals surface area contributed by atoms with Crippen molar-refractivity contribution in [1.82, 2.24) is 20.1 Å². The van der Waals surface area contributed by atoms with E-state index in [0.717, 1.165) is 17.7 Å². The summed E-state index contributed by atoms with van der Waals surface area (Å²) in [6.45, 7) is 2.10. The highest BCUT2D eigenvalue weighted by molar-refractivity contribution is 5.74.